The molecule has 1 aromatic heterocycles. The van der Waals surface area contributed by atoms with Gasteiger partial charge in [0.2, 0.25) is 0 Å². The summed E-state index contributed by atoms with van der Waals surface area (Å²) in [5.74, 6) is 1.03. The first-order chi connectivity index (χ1) is 8.62. The van der Waals surface area contributed by atoms with Gasteiger partial charge in [0.05, 0.1) is 17.5 Å². The largest absolute Gasteiger partial charge is 0.333 e. The number of aryl methyl sites for hydroxylation is 1. The number of rotatable bonds is 6. The lowest BCUT2D eigenvalue weighted by Crippen LogP contribution is -2.36. The van der Waals surface area contributed by atoms with E-state index in [1.165, 1.54) is 0 Å². The minimum absolute atomic E-state index is 0.0147. The topological polar surface area (TPSA) is 64.0 Å². The monoisotopic (exact) mass is 287 g/mol. The van der Waals surface area contributed by atoms with Crippen LogP contribution >= 0.6 is 0 Å². The van der Waals surface area contributed by atoms with Gasteiger partial charge in [-0.25, -0.2) is 13.4 Å². The Hall–Kier alpha value is -0.880. The van der Waals surface area contributed by atoms with Gasteiger partial charge in [0, 0.05) is 24.5 Å². The van der Waals surface area contributed by atoms with Gasteiger partial charge >= 0.3 is 0 Å². The van der Waals surface area contributed by atoms with Crippen molar-refractivity contribution in [2.75, 3.05) is 5.75 Å². The van der Waals surface area contributed by atoms with Crippen LogP contribution in [0.4, 0.5) is 0 Å². The van der Waals surface area contributed by atoms with Gasteiger partial charge in [-0.2, -0.15) is 0 Å². The average Bonchev–Trinajstić information content (AvgIpc) is 2.70. The van der Waals surface area contributed by atoms with Gasteiger partial charge < -0.3 is 9.88 Å². The van der Waals surface area contributed by atoms with Crippen molar-refractivity contribution < 1.29 is 8.42 Å². The summed E-state index contributed by atoms with van der Waals surface area (Å²) in [7, 11) is -3.00. The van der Waals surface area contributed by atoms with Gasteiger partial charge in [0.15, 0.2) is 9.84 Å². The zero-order chi connectivity index (χ0) is 14.7. The van der Waals surface area contributed by atoms with Gasteiger partial charge in [-0.1, -0.05) is 0 Å². The Morgan fingerprint density at radius 2 is 2.00 bits per heavy atom. The van der Waals surface area contributed by atoms with Crippen molar-refractivity contribution in [3.63, 3.8) is 0 Å². The molecule has 0 spiro atoms. The van der Waals surface area contributed by atoms with Crippen molar-refractivity contribution in [3.05, 3.63) is 18.2 Å². The molecule has 1 rings (SSSR count). The Kier molecular flexibility index (Phi) is 5.15. The number of hydrogen-bond donors (Lipinski definition) is 1. The average molecular weight is 287 g/mol. The summed E-state index contributed by atoms with van der Waals surface area (Å²) in [5, 5.41) is 3.03. The fraction of sp³-hybridized carbons (Fsp3) is 0.769. The van der Waals surface area contributed by atoms with Gasteiger partial charge in [0.25, 0.3) is 0 Å². The molecule has 5 nitrogen and oxygen atoms in total. The summed E-state index contributed by atoms with van der Waals surface area (Å²) < 4.78 is 25.5. The van der Waals surface area contributed by atoms with E-state index in [-0.39, 0.29) is 16.5 Å². The third-order valence-corrected chi connectivity index (χ3v) is 5.10. The zero-order valence-electron chi connectivity index (χ0n) is 12.5. The zero-order valence-corrected chi connectivity index (χ0v) is 13.3. The Bertz CT molecular complexity index is 498. The highest BCUT2D eigenvalue weighted by atomic mass is 32.2. The molecule has 0 saturated heterocycles. The summed E-state index contributed by atoms with van der Waals surface area (Å²) in [4.78, 5) is 4.27. The predicted octanol–water partition coefficient (Wildman–Crippen LogP) is 1.59. The molecule has 0 aliphatic carbocycles. The smallest absolute Gasteiger partial charge is 0.154 e. The standard InChI is InChI=1S/C13H25N3O2S/c1-11(2)19(17,18)9-8-16-7-6-14-12(16)10-15-13(3,4)5/h6-7,11,15H,8-10H2,1-5H3. The van der Waals surface area contributed by atoms with Crippen LogP contribution in [0.15, 0.2) is 12.4 Å². The molecule has 0 bridgehead atoms. The molecule has 0 aromatic carbocycles. The third kappa shape index (κ3) is 5.32. The van der Waals surface area contributed by atoms with E-state index in [2.05, 4.69) is 31.1 Å². The first-order valence-corrected chi connectivity index (χ1v) is 8.30. The highest BCUT2D eigenvalue weighted by Crippen LogP contribution is 2.06. The van der Waals surface area contributed by atoms with Gasteiger partial charge in [-0.3, -0.25) is 0 Å². The minimum Gasteiger partial charge on any atom is -0.333 e. The van der Waals surface area contributed by atoms with Crippen molar-refractivity contribution in [3.8, 4) is 0 Å². The normalized spacial score (nSPS) is 13.2. The molecule has 6 heteroatoms. The number of aromatic nitrogens is 2. The van der Waals surface area contributed by atoms with E-state index >= 15 is 0 Å². The molecule has 0 radical (unpaired) electrons. The van der Waals surface area contributed by atoms with E-state index in [1.807, 2.05) is 10.8 Å². The maximum Gasteiger partial charge on any atom is 0.154 e. The third-order valence-electron chi connectivity index (χ3n) is 2.91. The van der Waals surface area contributed by atoms with Crippen LogP contribution < -0.4 is 5.32 Å². The first kappa shape index (κ1) is 16.2. The van der Waals surface area contributed by atoms with Crippen LogP contribution in [0, 0.1) is 0 Å². The van der Waals surface area contributed by atoms with Crippen LogP contribution in [-0.2, 0) is 22.9 Å². The highest BCUT2D eigenvalue weighted by molar-refractivity contribution is 7.91. The van der Waals surface area contributed by atoms with Crippen LogP contribution in [-0.4, -0.2) is 34.5 Å². The van der Waals surface area contributed by atoms with Crippen molar-refractivity contribution >= 4 is 9.84 Å². The molecule has 1 aromatic rings. The SMILES string of the molecule is CC(C)S(=O)(=O)CCn1ccnc1CNC(C)(C)C. The number of nitrogens with zero attached hydrogens (tertiary/aromatic N) is 2. The molecular formula is C13H25N3O2S. The van der Waals surface area contributed by atoms with E-state index < -0.39 is 9.84 Å². The Morgan fingerprint density at radius 3 is 2.53 bits per heavy atom. The molecule has 0 aliphatic heterocycles. The van der Waals surface area contributed by atoms with Crippen LogP contribution in [0.1, 0.15) is 40.4 Å². The summed E-state index contributed by atoms with van der Waals surface area (Å²) in [6, 6.07) is 0. The van der Waals surface area contributed by atoms with Gasteiger partial charge in [-0.05, 0) is 34.6 Å². The lowest BCUT2D eigenvalue weighted by atomic mass is 10.1. The molecule has 0 aliphatic rings. The highest BCUT2D eigenvalue weighted by Gasteiger charge is 2.17. The summed E-state index contributed by atoms with van der Waals surface area (Å²) in [6.45, 7) is 10.8. The van der Waals surface area contributed by atoms with Crippen LogP contribution in [0.2, 0.25) is 0 Å². The maximum absolute atomic E-state index is 11.8. The fourth-order valence-electron chi connectivity index (χ4n) is 1.52. The quantitative estimate of drug-likeness (QED) is 0.863. The van der Waals surface area contributed by atoms with Crippen molar-refractivity contribution in [1.82, 2.24) is 14.9 Å². The second-order valence-corrected chi connectivity index (χ2v) is 8.73. The molecule has 0 atom stereocenters. The first-order valence-electron chi connectivity index (χ1n) is 6.58. The maximum atomic E-state index is 11.8. The summed E-state index contributed by atoms with van der Waals surface area (Å²) >= 11 is 0. The van der Waals surface area contributed by atoms with Gasteiger partial charge in [-0.15, -0.1) is 0 Å². The molecule has 110 valence electrons. The van der Waals surface area contributed by atoms with E-state index in [9.17, 15) is 8.42 Å². The van der Waals surface area contributed by atoms with E-state index in [0.717, 1.165) is 5.82 Å². The molecule has 0 fully saturated rings. The molecular weight excluding hydrogens is 262 g/mol. The number of nitrogens with one attached hydrogen (secondary N) is 1. The molecule has 1 heterocycles. The van der Waals surface area contributed by atoms with E-state index in [0.29, 0.717) is 13.1 Å². The van der Waals surface area contributed by atoms with E-state index in [1.54, 1.807) is 20.0 Å². The summed E-state index contributed by atoms with van der Waals surface area (Å²) in [5.41, 5.74) is 0.0147. The second-order valence-electron chi connectivity index (χ2n) is 6.06. The Morgan fingerprint density at radius 1 is 1.37 bits per heavy atom. The fourth-order valence-corrected chi connectivity index (χ4v) is 2.44. The number of sulfone groups is 1. The summed E-state index contributed by atoms with van der Waals surface area (Å²) in [6.07, 6.45) is 3.54. The minimum atomic E-state index is -3.00. The molecule has 0 saturated carbocycles. The molecule has 19 heavy (non-hydrogen) atoms. The number of imidazole rings is 1. The van der Waals surface area contributed by atoms with E-state index in [4.69, 9.17) is 0 Å². The van der Waals surface area contributed by atoms with Crippen LogP contribution in [0.3, 0.4) is 0 Å². The van der Waals surface area contributed by atoms with Crippen LogP contribution in [0.5, 0.6) is 0 Å². The molecule has 1 N–H and O–H groups in total. The second kappa shape index (κ2) is 6.05. The molecule has 0 amide bonds. The lowest BCUT2D eigenvalue weighted by Gasteiger charge is -2.20. The predicted molar refractivity (Wildman–Crippen MR) is 77.7 cm³/mol. The Labute approximate surface area is 116 Å². The number of hydrogen-bond acceptors (Lipinski definition) is 4. The van der Waals surface area contributed by atoms with Crippen molar-refractivity contribution in [1.29, 1.82) is 0 Å². The Balaban J connectivity index is 2.64. The van der Waals surface area contributed by atoms with Gasteiger partial charge in [0.1, 0.15) is 5.82 Å². The van der Waals surface area contributed by atoms with Crippen molar-refractivity contribution in [2.45, 2.75) is 58.5 Å². The molecule has 0 unspecified atom stereocenters. The van der Waals surface area contributed by atoms with Crippen molar-refractivity contribution in [2.24, 2.45) is 0 Å². The van der Waals surface area contributed by atoms with Crippen LogP contribution in [0.25, 0.3) is 0 Å². The lowest BCUT2D eigenvalue weighted by molar-refractivity contribution is 0.412.